The fraction of sp³-hybridized carbons (Fsp3) is 0.900. The van der Waals surface area contributed by atoms with Crippen molar-refractivity contribution in [2.75, 3.05) is 14.2 Å². The van der Waals surface area contributed by atoms with Crippen LogP contribution in [0.25, 0.3) is 0 Å². The summed E-state index contributed by atoms with van der Waals surface area (Å²) in [6.07, 6.45) is 0.0919. The normalized spacial score (nSPS) is 26.2. The highest BCUT2D eigenvalue weighted by atomic mass is 28.4. The fourth-order valence-electron chi connectivity index (χ4n) is 1.99. The Balaban J connectivity index is 2.87. The van der Waals surface area contributed by atoms with Gasteiger partial charge < -0.3 is 18.0 Å². The molecule has 6 heteroatoms. The van der Waals surface area contributed by atoms with Gasteiger partial charge in [-0.2, -0.15) is 0 Å². The van der Waals surface area contributed by atoms with Gasteiger partial charge >= 0.3 is 14.8 Å². The molecule has 1 rings (SSSR count). The lowest BCUT2D eigenvalue weighted by Crippen LogP contribution is -2.52. The maximum absolute atomic E-state index is 11.3. The van der Waals surface area contributed by atoms with Crippen LogP contribution < -0.4 is 0 Å². The van der Waals surface area contributed by atoms with Crippen LogP contribution in [0.1, 0.15) is 27.2 Å². The number of rotatable bonds is 5. The van der Waals surface area contributed by atoms with Crippen molar-refractivity contribution in [3.05, 3.63) is 0 Å². The van der Waals surface area contributed by atoms with Crippen LogP contribution in [0.3, 0.4) is 0 Å². The van der Waals surface area contributed by atoms with Gasteiger partial charge in [0.2, 0.25) is 0 Å². The Hall–Kier alpha value is -0.433. The smallest absolute Gasteiger partial charge is 0.462 e. The van der Waals surface area contributed by atoms with Crippen molar-refractivity contribution in [3.8, 4) is 0 Å². The third kappa shape index (κ3) is 2.63. The molecule has 0 amide bonds. The van der Waals surface area contributed by atoms with Gasteiger partial charge in [0, 0.05) is 20.3 Å². The summed E-state index contributed by atoms with van der Waals surface area (Å²) >= 11 is 0. The number of cyclic esters (lactones) is 1. The maximum atomic E-state index is 11.3. The lowest BCUT2D eigenvalue weighted by molar-refractivity contribution is -0.140. The average Bonchev–Trinajstić information content (AvgIpc) is 2.54. The first-order valence-electron chi connectivity index (χ1n) is 5.42. The summed E-state index contributed by atoms with van der Waals surface area (Å²) in [6.45, 7) is 5.68. The summed E-state index contributed by atoms with van der Waals surface area (Å²) in [5.74, 6) is -0.212. The van der Waals surface area contributed by atoms with E-state index in [1.807, 2.05) is 20.8 Å². The second-order valence-corrected chi connectivity index (χ2v) is 7.18. The maximum Gasteiger partial charge on any atom is 0.508 e. The van der Waals surface area contributed by atoms with Crippen molar-refractivity contribution in [3.63, 3.8) is 0 Å². The lowest BCUT2D eigenvalue weighted by Gasteiger charge is -2.33. The first-order chi connectivity index (χ1) is 7.45. The second kappa shape index (κ2) is 5.26. The highest BCUT2D eigenvalue weighted by Crippen LogP contribution is 2.38. The van der Waals surface area contributed by atoms with E-state index in [0.29, 0.717) is 6.42 Å². The van der Waals surface area contributed by atoms with Gasteiger partial charge in [0.25, 0.3) is 0 Å². The van der Waals surface area contributed by atoms with E-state index in [1.54, 1.807) is 14.2 Å². The molecule has 2 unspecified atom stereocenters. The van der Waals surface area contributed by atoms with Crippen molar-refractivity contribution in [1.82, 2.24) is 0 Å². The van der Waals surface area contributed by atoms with Crippen molar-refractivity contribution in [1.29, 1.82) is 0 Å². The molecule has 1 aliphatic rings. The number of carbonyl (C=O) groups excluding carboxylic acids is 1. The highest BCUT2D eigenvalue weighted by molar-refractivity contribution is 6.63. The van der Waals surface area contributed by atoms with Crippen molar-refractivity contribution >= 4 is 14.8 Å². The molecule has 1 aliphatic heterocycles. The van der Waals surface area contributed by atoms with Crippen LogP contribution in [0.2, 0.25) is 5.54 Å². The summed E-state index contributed by atoms with van der Waals surface area (Å²) < 4.78 is 21.8. The largest absolute Gasteiger partial charge is 0.508 e. The standard InChI is InChI=1S/C10H20O5Si/c1-7(2)15-16(12-4,13-5)9-6-10(11)14-8(9)3/h7-9H,6H2,1-5H3. The number of hydrogen-bond donors (Lipinski definition) is 0. The average molecular weight is 248 g/mol. The number of hydrogen-bond acceptors (Lipinski definition) is 5. The van der Waals surface area contributed by atoms with Crippen molar-refractivity contribution < 1.29 is 22.8 Å². The summed E-state index contributed by atoms with van der Waals surface area (Å²) in [7, 11) is 0.302. The second-order valence-electron chi connectivity index (χ2n) is 4.18. The van der Waals surface area contributed by atoms with E-state index in [0.717, 1.165) is 0 Å². The molecule has 0 aromatic carbocycles. The van der Waals surface area contributed by atoms with Crippen molar-refractivity contribution in [2.24, 2.45) is 0 Å². The molecule has 0 aliphatic carbocycles. The van der Waals surface area contributed by atoms with E-state index in [-0.39, 0.29) is 23.7 Å². The SMILES string of the molecule is CO[Si](OC)(OC(C)C)C1CC(=O)OC1C. The first kappa shape index (κ1) is 13.6. The molecular weight excluding hydrogens is 228 g/mol. The molecule has 0 spiro atoms. The van der Waals surface area contributed by atoms with E-state index in [4.69, 9.17) is 18.0 Å². The zero-order valence-electron chi connectivity index (χ0n) is 10.5. The summed E-state index contributed by atoms with van der Waals surface area (Å²) in [4.78, 5) is 11.3. The van der Waals surface area contributed by atoms with Crippen LogP contribution >= 0.6 is 0 Å². The Morgan fingerprint density at radius 3 is 2.25 bits per heavy atom. The zero-order chi connectivity index (χ0) is 12.3. The molecule has 94 valence electrons. The number of esters is 1. The molecule has 0 bridgehead atoms. The summed E-state index contributed by atoms with van der Waals surface area (Å²) in [5, 5.41) is 0. The van der Waals surface area contributed by atoms with E-state index in [9.17, 15) is 4.79 Å². The van der Waals surface area contributed by atoms with Gasteiger partial charge in [0.05, 0.1) is 12.0 Å². The molecule has 0 aromatic heterocycles. The molecule has 1 heterocycles. The van der Waals surface area contributed by atoms with Crippen molar-refractivity contribution in [2.45, 2.75) is 44.9 Å². The molecule has 2 atom stereocenters. The molecule has 0 saturated carbocycles. The minimum Gasteiger partial charge on any atom is -0.462 e. The lowest BCUT2D eigenvalue weighted by atomic mass is 10.2. The van der Waals surface area contributed by atoms with Crippen LogP contribution in [-0.2, 0) is 22.8 Å². The third-order valence-corrected chi connectivity index (χ3v) is 6.21. The van der Waals surface area contributed by atoms with E-state index >= 15 is 0 Å². The van der Waals surface area contributed by atoms with Gasteiger partial charge in [0.1, 0.15) is 6.10 Å². The molecule has 1 saturated heterocycles. The summed E-state index contributed by atoms with van der Waals surface area (Å²) in [6, 6.07) is 0. The fourth-order valence-corrected chi connectivity index (χ4v) is 4.85. The predicted molar refractivity (Wildman–Crippen MR) is 59.9 cm³/mol. The topological polar surface area (TPSA) is 54.0 Å². The van der Waals surface area contributed by atoms with Crippen LogP contribution in [0.4, 0.5) is 0 Å². The number of ether oxygens (including phenoxy) is 1. The minimum atomic E-state index is -2.82. The van der Waals surface area contributed by atoms with Gasteiger partial charge in [-0.15, -0.1) is 0 Å². The van der Waals surface area contributed by atoms with Gasteiger partial charge in [0.15, 0.2) is 0 Å². The van der Waals surface area contributed by atoms with Gasteiger partial charge in [-0.05, 0) is 20.8 Å². The Kier molecular flexibility index (Phi) is 4.49. The minimum absolute atomic E-state index is 0.00512. The first-order valence-corrected chi connectivity index (χ1v) is 7.23. The van der Waals surface area contributed by atoms with Gasteiger partial charge in [-0.1, -0.05) is 0 Å². The molecule has 0 aromatic rings. The summed E-state index contributed by atoms with van der Waals surface area (Å²) in [5.41, 5.74) is -0.114. The van der Waals surface area contributed by atoms with Crippen LogP contribution in [0.15, 0.2) is 0 Å². The Morgan fingerprint density at radius 1 is 1.38 bits per heavy atom. The Bertz CT molecular complexity index is 252. The molecule has 1 fully saturated rings. The highest BCUT2D eigenvalue weighted by Gasteiger charge is 2.56. The van der Waals surface area contributed by atoms with E-state index in [2.05, 4.69) is 0 Å². The molecular formula is C10H20O5Si. The van der Waals surface area contributed by atoms with Crippen LogP contribution in [-0.4, -0.2) is 41.2 Å². The monoisotopic (exact) mass is 248 g/mol. The molecule has 5 nitrogen and oxygen atoms in total. The molecule has 0 N–H and O–H groups in total. The molecule has 0 radical (unpaired) electrons. The predicted octanol–water partition coefficient (Wildman–Crippen LogP) is 1.35. The van der Waals surface area contributed by atoms with E-state index in [1.165, 1.54) is 0 Å². The van der Waals surface area contributed by atoms with Gasteiger partial charge in [-0.25, -0.2) is 0 Å². The number of carbonyl (C=O) groups is 1. The Labute approximate surface area is 97.4 Å². The van der Waals surface area contributed by atoms with Crippen LogP contribution in [0, 0.1) is 0 Å². The molecule has 16 heavy (non-hydrogen) atoms. The zero-order valence-corrected chi connectivity index (χ0v) is 11.5. The van der Waals surface area contributed by atoms with Crippen LogP contribution in [0.5, 0.6) is 0 Å². The Morgan fingerprint density at radius 2 is 1.94 bits per heavy atom. The van der Waals surface area contributed by atoms with Gasteiger partial charge in [-0.3, -0.25) is 4.79 Å². The van der Waals surface area contributed by atoms with E-state index < -0.39 is 8.80 Å². The third-order valence-electron chi connectivity index (χ3n) is 2.69. The quantitative estimate of drug-likeness (QED) is 0.543.